The van der Waals surface area contributed by atoms with Crippen LogP contribution >= 0.6 is 0 Å². The van der Waals surface area contributed by atoms with Crippen LogP contribution in [-0.2, 0) is 22.4 Å². The quantitative estimate of drug-likeness (QED) is 0.667. The second-order valence-corrected chi connectivity index (χ2v) is 11.5. The molecule has 5 rings (SSSR count). The Kier molecular flexibility index (Phi) is 8.62. The fourth-order valence-corrected chi connectivity index (χ4v) is 6.30. The highest BCUT2D eigenvalue weighted by Crippen LogP contribution is 2.38. The van der Waals surface area contributed by atoms with Crippen LogP contribution in [-0.4, -0.2) is 72.5 Å². The van der Waals surface area contributed by atoms with Gasteiger partial charge < -0.3 is 15.0 Å². The largest absolute Gasteiger partial charge is 0.491 e. The molecule has 0 saturated carbocycles. The smallest absolute Gasteiger partial charge is 0.236 e. The van der Waals surface area contributed by atoms with Gasteiger partial charge in [0.2, 0.25) is 11.8 Å². The highest BCUT2D eigenvalue weighted by atomic mass is 16.5. The molecule has 1 N–H and O–H groups in total. The fraction of sp³-hybridized carbons (Fsp3) is 0.581. The SMILES string of the molecule is Cc1ccc(CC2CCN(C(=O)CN3CCC4(CCCCc5ccccc5OCCNC4=O)CC3)C2)nc1. The lowest BCUT2D eigenvalue weighted by Gasteiger charge is -2.41. The van der Waals surface area contributed by atoms with Gasteiger partial charge in [-0.2, -0.15) is 0 Å². The summed E-state index contributed by atoms with van der Waals surface area (Å²) >= 11 is 0. The van der Waals surface area contributed by atoms with Gasteiger partial charge in [0.25, 0.3) is 0 Å². The number of carbonyl (C=O) groups is 2. The lowest BCUT2D eigenvalue weighted by Crippen LogP contribution is -2.51. The third-order valence-corrected chi connectivity index (χ3v) is 8.73. The van der Waals surface area contributed by atoms with E-state index in [1.807, 2.05) is 23.2 Å². The Bertz CT molecular complexity index is 1090. The fourth-order valence-electron chi connectivity index (χ4n) is 6.30. The van der Waals surface area contributed by atoms with Crippen LogP contribution in [0.25, 0.3) is 0 Å². The number of benzene rings is 1. The lowest BCUT2D eigenvalue weighted by atomic mass is 9.73. The van der Waals surface area contributed by atoms with Gasteiger partial charge in [-0.3, -0.25) is 19.5 Å². The van der Waals surface area contributed by atoms with Gasteiger partial charge in [-0.15, -0.1) is 0 Å². The Labute approximate surface area is 226 Å². The van der Waals surface area contributed by atoms with E-state index < -0.39 is 0 Å². The third-order valence-electron chi connectivity index (χ3n) is 8.73. The molecular weight excluding hydrogens is 476 g/mol. The van der Waals surface area contributed by atoms with Crippen molar-refractivity contribution in [2.24, 2.45) is 11.3 Å². The second kappa shape index (κ2) is 12.3. The van der Waals surface area contributed by atoms with Gasteiger partial charge in [-0.05, 0) is 94.1 Å². The monoisotopic (exact) mass is 518 g/mol. The molecule has 4 heterocycles. The van der Waals surface area contributed by atoms with Gasteiger partial charge in [-0.1, -0.05) is 30.7 Å². The van der Waals surface area contributed by atoms with Crippen molar-refractivity contribution < 1.29 is 14.3 Å². The van der Waals surface area contributed by atoms with Gasteiger partial charge in [0.05, 0.1) is 18.5 Å². The van der Waals surface area contributed by atoms with Crippen molar-refractivity contribution in [3.63, 3.8) is 0 Å². The number of para-hydroxylation sites is 1. The molecule has 7 heteroatoms. The number of hydrogen-bond acceptors (Lipinski definition) is 5. The number of carbonyl (C=O) groups excluding carboxylic acids is 2. The number of nitrogens with zero attached hydrogens (tertiary/aromatic N) is 3. The average Bonchev–Trinajstić information content (AvgIpc) is 3.40. The van der Waals surface area contributed by atoms with Gasteiger partial charge in [0.1, 0.15) is 12.4 Å². The average molecular weight is 519 g/mol. The molecule has 38 heavy (non-hydrogen) atoms. The number of piperidine rings is 1. The maximum absolute atomic E-state index is 13.3. The zero-order chi connectivity index (χ0) is 26.4. The summed E-state index contributed by atoms with van der Waals surface area (Å²) in [5.41, 5.74) is 3.20. The normalized spacial score (nSPS) is 22.6. The van der Waals surface area contributed by atoms with Crippen LogP contribution in [0.3, 0.4) is 0 Å². The molecular formula is C31H42N4O3. The molecule has 1 unspecified atom stereocenters. The van der Waals surface area contributed by atoms with Crippen LogP contribution in [0.15, 0.2) is 42.6 Å². The molecule has 204 valence electrons. The maximum atomic E-state index is 13.3. The molecule has 1 spiro atoms. The van der Waals surface area contributed by atoms with E-state index >= 15 is 0 Å². The van der Waals surface area contributed by atoms with E-state index in [9.17, 15) is 9.59 Å². The molecule has 2 amide bonds. The predicted molar refractivity (Wildman–Crippen MR) is 148 cm³/mol. The number of amides is 2. The van der Waals surface area contributed by atoms with Crippen LogP contribution in [0, 0.1) is 18.3 Å². The van der Waals surface area contributed by atoms with E-state index in [1.54, 1.807) is 0 Å². The molecule has 1 atom stereocenters. The van der Waals surface area contributed by atoms with Crippen LogP contribution in [0.1, 0.15) is 55.3 Å². The van der Waals surface area contributed by atoms with E-state index in [2.05, 4.69) is 46.4 Å². The maximum Gasteiger partial charge on any atom is 0.236 e. The van der Waals surface area contributed by atoms with Crippen molar-refractivity contribution in [1.29, 1.82) is 0 Å². The molecule has 3 aliphatic heterocycles. The molecule has 2 saturated heterocycles. The van der Waals surface area contributed by atoms with Crippen LogP contribution in [0.4, 0.5) is 0 Å². The molecule has 0 radical (unpaired) electrons. The van der Waals surface area contributed by atoms with Gasteiger partial charge >= 0.3 is 0 Å². The van der Waals surface area contributed by atoms with Crippen molar-refractivity contribution in [3.8, 4) is 5.75 Å². The lowest BCUT2D eigenvalue weighted by molar-refractivity contribution is -0.136. The summed E-state index contributed by atoms with van der Waals surface area (Å²) in [5.74, 6) is 1.80. The Hall–Kier alpha value is -2.93. The van der Waals surface area contributed by atoms with Crippen molar-refractivity contribution in [2.45, 2.75) is 58.3 Å². The summed E-state index contributed by atoms with van der Waals surface area (Å²) in [5, 5.41) is 3.16. The summed E-state index contributed by atoms with van der Waals surface area (Å²) in [6.07, 6.45) is 9.47. The Morgan fingerprint density at radius 2 is 1.95 bits per heavy atom. The minimum atomic E-state index is -0.335. The van der Waals surface area contributed by atoms with Crippen molar-refractivity contribution in [3.05, 3.63) is 59.4 Å². The third kappa shape index (κ3) is 6.55. The molecule has 3 aliphatic rings. The summed E-state index contributed by atoms with van der Waals surface area (Å²) in [6.45, 7) is 6.75. The molecule has 0 aliphatic carbocycles. The number of nitrogens with one attached hydrogen (secondary N) is 1. The Morgan fingerprint density at radius 3 is 2.76 bits per heavy atom. The molecule has 1 aromatic heterocycles. The number of rotatable bonds is 4. The second-order valence-electron chi connectivity index (χ2n) is 11.5. The highest BCUT2D eigenvalue weighted by Gasteiger charge is 2.41. The molecule has 2 fully saturated rings. The summed E-state index contributed by atoms with van der Waals surface area (Å²) < 4.78 is 5.97. The van der Waals surface area contributed by atoms with E-state index in [4.69, 9.17) is 4.74 Å². The first-order chi connectivity index (χ1) is 18.5. The molecule has 0 bridgehead atoms. The number of aromatic nitrogens is 1. The Balaban J connectivity index is 1.11. The number of fused-ring (bicyclic) bond motifs is 1. The molecule has 7 nitrogen and oxygen atoms in total. The van der Waals surface area contributed by atoms with Gasteiger partial charge in [0, 0.05) is 25.0 Å². The summed E-state index contributed by atoms with van der Waals surface area (Å²) in [4.78, 5) is 35.3. The van der Waals surface area contributed by atoms with E-state index in [1.165, 1.54) is 11.1 Å². The first kappa shape index (κ1) is 26.7. The topological polar surface area (TPSA) is 74.8 Å². The standard InChI is InChI=1S/C31H42N4O3/c1-24-9-10-27(33-21-24)20-25-11-16-35(22-25)29(36)23-34-17-13-31(14-18-34)12-5-4-7-26-6-2-3-8-28(26)38-19-15-32-30(31)37/h2-3,6,8-10,21,25H,4-5,7,11-20,22-23H2,1H3,(H,32,37). The zero-order valence-electron chi connectivity index (χ0n) is 22.8. The minimum Gasteiger partial charge on any atom is -0.491 e. The van der Waals surface area contributed by atoms with Gasteiger partial charge in [0.15, 0.2) is 0 Å². The summed E-state index contributed by atoms with van der Waals surface area (Å²) in [6, 6.07) is 12.4. The number of likely N-dealkylation sites (tertiary alicyclic amines) is 2. The van der Waals surface area contributed by atoms with Gasteiger partial charge in [-0.25, -0.2) is 0 Å². The molecule has 1 aromatic carbocycles. The first-order valence-electron chi connectivity index (χ1n) is 14.4. The van der Waals surface area contributed by atoms with Crippen LogP contribution in [0.2, 0.25) is 0 Å². The van der Waals surface area contributed by atoms with Crippen molar-refractivity contribution in [2.75, 3.05) is 45.9 Å². The Morgan fingerprint density at radius 1 is 1.11 bits per heavy atom. The number of hydrogen-bond donors (Lipinski definition) is 1. The predicted octanol–water partition coefficient (Wildman–Crippen LogP) is 3.78. The minimum absolute atomic E-state index is 0.160. The molecule has 2 aromatic rings. The van der Waals surface area contributed by atoms with Crippen molar-refractivity contribution >= 4 is 11.8 Å². The van der Waals surface area contributed by atoms with Crippen LogP contribution < -0.4 is 10.1 Å². The number of pyridine rings is 1. The van der Waals surface area contributed by atoms with E-state index in [0.29, 0.717) is 25.6 Å². The van der Waals surface area contributed by atoms with Crippen molar-refractivity contribution in [1.82, 2.24) is 20.1 Å². The highest BCUT2D eigenvalue weighted by molar-refractivity contribution is 5.83. The summed E-state index contributed by atoms with van der Waals surface area (Å²) in [7, 11) is 0. The zero-order valence-corrected chi connectivity index (χ0v) is 22.8. The number of ether oxygens (including phenoxy) is 1. The van der Waals surface area contributed by atoms with E-state index in [0.717, 1.165) is 89.0 Å². The number of aryl methyl sites for hydroxylation is 2. The first-order valence-corrected chi connectivity index (χ1v) is 14.4. The van der Waals surface area contributed by atoms with Crippen LogP contribution in [0.5, 0.6) is 5.75 Å². The van der Waals surface area contributed by atoms with E-state index in [-0.39, 0.29) is 17.2 Å².